The molecule has 0 aromatic heterocycles. The zero-order valence-electron chi connectivity index (χ0n) is 48.7. The molecule has 0 bridgehead atoms. The van der Waals surface area contributed by atoms with E-state index in [2.05, 4.69) is 93.7 Å². The van der Waals surface area contributed by atoms with E-state index in [1.165, 1.54) is 96.3 Å². The lowest BCUT2D eigenvalue weighted by Gasteiger charge is -2.21. The average Bonchev–Trinajstić information content (AvgIpc) is 3.41. The molecule has 0 fully saturated rings. The normalized spacial score (nSPS) is 13.8. The molecule has 76 heavy (non-hydrogen) atoms. The average molecular weight is 1090 g/mol. The predicted octanol–water partition coefficient (Wildman–Crippen LogP) is 18.5. The van der Waals surface area contributed by atoms with Gasteiger partial charge in [-0.25, -0.2) is 4.57 Å². The fourth-order valence-electron chi connectivity index (χ4n) is 8.40. The molecule has 0 aromatic carbocycles. The lowest BCUT2D eigenvalue weighted by Crippen LogP contribution is -2.30. The highest BCUT2D eigenvalue weighted by atomic mass is 31.2. The maximum atomic E-state index is 12.9. The van der Waals surface area contributed by atoms with Crippen molar-refractivity contribution in [2.75, 3.05) is 26.4 Å². The van der Waals surface area contributed by atoms with E-state index in [0.29, 0.717) is 19.3 Å². The topological polar surface area (TPSA) is 155 Å². The van der Waals surface area contributed by atoms with Gasteiger partial charge in [0.05, 0.1) is 19.8 Å². The fourth-order valence-corrected chi connectivity index (χ4v) is 9.18. The monoisotopic (exact) mass is 1090 g/mol. The van der Waals surface area contributed by atoms with Gasteiger partial charge in [-0.15, -0.1) is 0 Å². The summed E-state index contributed by atoms with van der Waals surface area (Å²) in [5, 5.41) is 9.83. The van der Waals surface area contributed by atoms with Crippen LogP contribution < -0.4 is 0 Å². The van der Waals surface area contributed by atoms with Crippen LogP contribution in [0.3, 0.4) is 0 Å². The minimum absolute atomic E-state index is 0.157. The van der Waals surface area contributed by atoms with Crippen LogP contribution in [0.25, 0.3) is 0 Å². The number of phosphoric acid groups is 1. The molecule has 0 amide bonds. The standard InChI is InChI=1S/C64H113O11P/c1-4-7-10-13-16-19-22-25-28-29-30-31-34-37-40-43-46-49-52-55-64(68)75-61(57-71-62(66)53-50-47-44-41-38-35-32-26-23-20-17-14-11-8-5-2)59-73-76(69,70)72-58-60(56-65)74-63(67)54-51-48-45-42-39-36-33-27-24-21-18-15-12-9-6-3/h8,11,16-17,19-20,25-28,32-33,60-61,65H,4-7,9-10,12-15,18,21-24,29-31,34-59H2,1-3H3,(H,69,70)/b11-8-,19-16-,20-17-,28-25-,32-26-,33-27-. The molecule has 0 heterocycles. The van der Waals surface area contributed by atoms with Crippen LogP contribution in [0.1, 0.15) is 278 Å². The van der Waals surface area contributed by atoms with Crippen LogP contribution >= 0.6 is 7.82 Å². The van der Waals surface area contributed by atoms with Gasteiger partial charge in [-0.05, 0) is 109 Å². The van der Waals surface area contributed by atoms with Gasteiger partial charge in [0.25, 0.3) is 0 Å². The number of allylic oxidation sites excluding steroid dienone is 12. The first-order chi connectivity index (χ1) is 37.2. The van der Waals surface area contributed by atoms with E-state index in [1.54, 1.807) is 0 Å². The Bertz CT molecular complexity index is 1550. The fraction of sp³-hybridized carbons (Fsp3) is 0.766. The number of ether oxygens (including phenoxy) is 3. The number of aliphatic hydroxyl groups is 1. The van der Waals surface area contributed by atoms with Crippen LogP contribution in [0.4, 0.5) is 0 Å². The van der Waals surface area contributed by atoms with Gasteiger partial charge in [0, 0.05) is 19.3 Å². The summed E-state index contributed by atoms with van der Waals surface area (Å²) in [6.45, 7) is 4.50. The molecule has 440 valence electrons. The van der Waals surface area contributed by atoms with Crippen LogP contribution in [-0.4, -0.2) is 66.5 Å². The van der Waals surface area contributed by atoms with Crippen LogP contribution in [0, 0.1) is 0 Å². The Labute approximate surface area is 465 Å². The van der Waals surface area contributed by atoms with Gasteiger partial charge in [-0.1, -0.05) is 222 Å². The van der Waals surface area contributed by atoms with Crippen molar-refractivity contribution in [3.63, 3.8) is 0 Å². The third kappa shape index (κ3) is 55.7. The summed E-state index contributed by atoms with van der Waals surface area (Å²) in [7, 11) is -4.76. The van der Waals surface area contributed by atoms with Crippen molar-refractivity contribution < 1.29 is 52.2 Å². The van der Waals surface area contributed by atoms with Crippen LogP contribution in [-0.2, 0) is 42.2 Å². The number of unbranched alkanes of at least 4 members (excludes halogenated alkanes) is 28. The SMILES string of the molecule is CC/C=C\C/C=C\C/C=C\CCCCCCCC(=O)OCC(COP(=O)(O)OCC(CO)OC(=O)CCCCCCC/C=C\CCCCCCCC)OC(=O)CCCCCCCCCCC/C=C\C/C=C\CCCCC. The molecule has 0 saturated heterocycles. The first kappa shape index (κ1) is 72.9. The third-order valence-electron chi connectivity index (χ3n) is 13.1. The molecule has 0 aliphatic carbocycles. The quantitative estimate of drug-likeness (QED) is 0.0197. The number of esters is 3. The Morgan fingerprint density at radius 2 is 0.684 bits per heavy atom. The van der Waals surface area contributed by atoms with Crippen molar-refractivity contribution in [3.8, 4) is 0 Å². The summed E-state index contributed by atoms with van der Waals surface area (Å²) in [5.41, 5.74) is 0. The van der Waals surface area contributed by atoms with Crippen LogP contribution in [0.5, 0.6) is 0 Å². The van der Waals surface area contributed by atoms with E-state index >= 15 is 0 Å². The number of carbonyl (C=O) groups excluding carboxylic acids is 3. The smallest absolute Gasteiger partial charge is 0.462 e. The number of carbonyl (C=O) groups is 3. The van der Waals surface area contributed by atoms with E-state index in [1.807, 2.05) is 0 Å². The van der Waals surface area contributed by atoms with Gasteiger partial charge in [0.2, 0.25) is 0 Å². The van der Waals surface area contributed by atoms with Gasteiger partial charge in [0.1, 0.15) is 12.7 Å². The minimum atomic E-state index is -4.76. The van der Waals surface area contributed by atoms with Crippen molar-refractivity contribution in [3.05, 3.63) is 72.9 Å². The molecule has 0 aliphatic heterocycles. The second-order valence-electron chi connectivity index (χ2n) is 20.5. The number of rotatable bonds is 57. The Morgan fingerprint density at radius 3 is 1.09 bits per heavy atom. The molecule has 3 atom stereocenters. The highest BCUT2D eigenvalue weighted by molar-refractivity contribution is 7.47. The van der Waals surface area contributed by atoms with Crippen LogP contribution in [0.15, 0.2) is 72.9 Å². The Kier molecular flexibility index (Phi) is 55.7. The van der Waals surface area contributed by atoms with Gasteiger partial charge >= 0.3 is 25.7 Å². The highest BCUT2D eigenvalue weighted by Gasteiger charge is 2.28. The van der Waals surface area contributed by atoms with Crippen molar-refractivity contribution in [1.29, 1.82) is 0 Å². The maximum Gasteiger partial charge on any atom is 0.472 e. The second-order valence-corrected chi connectivity index (χ2v) is 21.9. The maximum absolute atomic E-state index is 12.9. The van der Waals surface area contributed by atoms with E-state index in [0.717, 1.165) is 122 Å². The molecule has 0 rings (SSSR count). The van der Waals surface area contributed by atoms with Crippen molar-refractivity contribution in [1.82, 2.24) is 0 Å². The second kappa shape index (κ2) is 58.1. The molecule has 11 nitrogen and oxygen atoms in total. The molecule has 0 aromatic rings. The molecular formula is C64H113O11P. The lowest BCUT2D eigenvalue weighted by atomic mass is 10.1. The number of aliphatic hydroxyl groups excluding tert-OH is 1. The molecule has 0 aliphatic rings. The summed E-state index contributed by atoms with van der Waals surface area (Å²) < 4.78 is 39.6. The summed E-state index contributed by atoms with van der Waals surface area (Å²) >= 11 is 0. The summed E-state index contributed by atoms with van der Waals surface area (Å²) in [6.07, 6.45) is 65.6. The Hall–Kier alpha value is -3.08. The zero-order chi connectivity index (χ0) is 55.5. The largest absolute Gasteiger partial charge is 0.472 e. The number of phosphoric ester groups is 1. The van der Waals surface area contributed by atoms with Gasteiger partial charge in [-0.2, -0.15) is 0 Å². The third-order valence-corrected chi connectivity index (χ3v) is 14.0. The van der Waals surface area contributed by atoms with E-state index in [9.17, 15) is 28.9 Å². The van der Waals surface area contributed by atoms with Gasteiger partial charge < -0.3 is 24.2 Å². The summed E-state index contributed by atoms with van der Waals surface area (Å²) in [4.78, 5) is 48.7. The first-order valence-electron chi connectivity index (χ1n) is 30.8. The molecule has 3 unspecified atom stereocenters. The van der Waals surface area contributed by atoms with Gasteiger partial charge in [-0.3, -0.25) is 23.4 Å². The first-order valence-corrected chi connectivity index (χ1v) is 32.3. The molecule has 0 saturated carbocycles. The Balaban J connectivity index is 4.73. The number of hydrogen-bond acceptors (Lipinski definition) is 10. The van der Waals surface area contributed by atoms with E-state index < -0.39 is 57.8 Å². The molecular weight excluding hydrogens is 976 g/mol. The van der Waals surface area contributed by atoms with Gasteiger partial charge in [0.15, 0.2) is 6.10 Å². The molecule has 2 N–H and O–H groups in total. The van der Waals surface area contributed by atoms with Crippen LogP contribution in [0.2, 0.25) is 0 Å². The van der Waals surface area contributed by atoms with E-state index in [4.69, 9.17) is 23.3 Å². The van der Waals surface area contributed by atoms with E-state index in [-0.39, 0.29) is 25.9 Å². The summed E-state index contributed by atoms with van der Waals surface area (Å²) in [6, 6.07) is 0. The molecule has 12 heteroatoms. The zero-order valence-corrected chi connectivity index (χ0v) is 49.6. The summed E-state index contributed by atoms with van der Waals surface area (Å²) in [5.74, 6) is -1.49. The molecule has 0 spiro atoms. The highest BCUT2D eigenvalue weighted by Crippen LogP contribution is 2.43. The van der Waals surface area contributed by atoms with Crippen molar-refractivity contribution in [2.45, 2.75) is 290 Å². The predicted molar refractivity (Wildman–Crippen MR) is 316 cm³/mol. The number of hydrogen-bond donors (Lipinski definition) is 2. The van der Waals surface area contributed by atoms with Crippen molar-refractivity contribution >= 4 is 25.7 Å². The van der Waals surface area contributed by atoms with Crippen molar-refractivity contribution in [2.24, 2.45) is 0 Å². The molecule has 0 radical (unpaired) electrons. The lowest BCUT2D eigenvalue weighted by molar-refractivity contribution is -0.161. The minimum Gasteiger partial charge on any atom is -0.462 e. The Morgan fingerprint density at radius 1 is 0.382 bits per heavy atom.